The van der Waals surface area contributed by atoms with E-state index in [1.54, 1.807) is 0 Å². The van der Waals surface area contributed by atoms with Gasteiger partial charge in [-0.25, -0.2) is 9.78 Å². The average molecular weight is 305 g/mol. The fraction of sp³-hybridized carbons (Fsp3) is 0.600. The van der Waals surface area contributed by atoms with Gasteiger partial charge in [-0.05, 0) is 5.92 Å². The molecule has 1 rings (SSSR count). The van der Waals surface area contributed by atoms with Gasteiger partial charge in [0.2, 0.25) is 17.6 Å². The monoisotopic (exact) mass is 305 g/mol. The van der Waals surface area contributed by atoms with E-state index < -0.39 is 47.5 Å². The smallest absolute Gasteiger partial charge is 0.409 e. The van der Waals surface area contributed by atoms with Crippen molar-refractivity contribution in [3.63, 3.8) is 0 Å². The molecule has 0 saturated heterocycles. The fourth-order valence-corrected chi connectivity index (χ4v) is 1.48. The Kier molecular flexibility index (Phi) is 4.07. The minimum absolute atomic E-state index is 0.467. The third kappa shape index (κ3) is 3.23. The first-order valence-electron chi connectivity index (χ1n) is 5.23. The molecule has 10 heteroatoms. The van der Waals surface area contributed by atoms with E-state index in [1.807, 2.05) is 0 Å². The molecule has 0 aliphatic rings. The highest BCUT2D eigenvalue weighted by Crippen LogP contribution is 2.46. The molecule has 20 heavy (non-hydrogen) atoms. The second-order valence-electron chi connectivity index (χ2n) is 4.24. The van der Waals surface area contributed by atoms with Crippen LogP contribution in [-0.4, -0.2) is 28.4 Å². The lowest BCUT2D eigenvalue weighted by Crippen LogP contribution is -2.34. The minimum atomic E-state index is -5.69. The number of hydrogen-bond acceptors (Lipinski definition) is 3. The van der Waals surface area contributed by atoms with Crippen molar-refractivity contribution in [2.45, 2.75) is 38.0 Å². The Balaban J connectivity index is 3.44. The molecule has 1 N–H and O–H groups in total. The molecule has 0 amide bonds. The number of alkyl halides is 6. The van der Waals surface area contributed by atoms with Crippen molar-refractivity contribution in [2.75, 3.05) is 0 Å². The molecule has 1 aromatic rings. The standard InChI is InChI=1S/C10H9F6NO3/c1-3(2)4-5(8(18)19)20-7(17-4)6(9(11,12)13)10(14,15)16/h3,6H,1-2H3,(H,18,19). The highest BCUT2D eigenvalue weighted by Gasteiger charge is 2.60. The Morgan fingerprint density at radius 1 is 1.15 bits per heavy atom. The van der Waals surface area contributed by atoms with E-state index >= 15 is 0 Å². The number of aromatic carboxylic acids is 1. The lowest BCUT2D eigenvalue weighted by atomic mass is 10.1. The third-order valence-corrected chi connectivity index (χ3v) is 2.31. The molecular formula is C10H9F6NO3. The van der Waals surface area contributed by atoms with E-state index in [0.29, 0.717) is 0 Å². The van der Waals surface area contributed by atoms with Gasteiger partial charge in [0.15, 0.2) is 0 Å². The molecule has 4 nitrogen and oxygen atoms in total. The van der Waals surface area contributed by atoms with E-state index in [4.69, 9.17) is 5.11 Å². The van der Waals surface area contributed by atoms with Crippen LogP contribution in [0.1, 0.15) is 47.8 Å². The third-order valence-electron chi connectivity index (χ3n) is 2.31. The van der Waals surface area contributed by atoms with Gasteiger partial charge in [0.25, 0.3) is 0 Å². The van der Waals surface area contributed by atoms with Crippen LogP contribution < -0.4 is 0 Å². The van der Waals surface area contributed by atoms with Crippen LogP contribution in [0.3, 0.4) is 0 Å². The molecule has 0 radical (unpaired) electrons. The molecule has 0 atom stereocenters. The molecule has 0 fully saturated rings. The summed E-state index contributed by atoms with van der Waals surface area (Å²) in [6.07, 6.45) is -11.4. The molecule has 0 aromatic carbocycles. The van der Waals surface area contributed by atoms with Crippen molar-refractivity contribution in [1.82, 2.24) is 4.98 Å². The molecule has 0 unspecified atom stereocenters. The van der Waals surface area contributed by atoms with E-state index in [-0.39, 0.29) is 0 Å². The summed E-state index contributed by atoms with van der Waals surface area (Å²) >= 11 is 0. The van der Waals surface area contributed by atoms with Crippen LogP contribution >= 0.6 is 0 Å². The number of aromatic nitrogens is 1. The summed E-state index contributed by atoms with van der Waals surface area (Å²) in [4.78, 5) is 13.8. The average Bonchev–Trinajstić information content (AvgIpc) is 2.57. The van der Waals surface area contributed by atoms with Crippen LogP contribution in [0.25, 0.3) is 0 Å². The number of nitrogens with zero attached hydrogens (tertiary/aromatic N) is 1. The Bertz CT molecular complexity index is 488. The van der Waals surface area contributed by atoms with Crippen molar-refractivity contribution < 1.29 is 40.7 Å². The van der Waals surface area contributed by atoms with Gasteiger partial charge in [-0.3, -0.25) is 0 Å². The molecular weight excluding hydrogens is 296 g/mol. The summed E-state index contributed by atoms with van der Waals surface area (Å²) < 4.78 is 79.1. The normalized spacial score (nSPS) is 13.3. The minimum Gasteiger partial charge on any atom is -0.475 e. The second kappa shape index (κ2) is 4.98. The number of rotatable bonds is 3. The summed E-state index contributed by atoms with van der Waals surface area (Å²) in [6.45, 7) is 2.73. The molecule has 0 spiro atoms. The zero-order chi connectivity index (χ0) is 15.9. The SMILES string of the molecule is CC(C)c1nc(C(C(F)(F)F)C(F)(F)F)oc1C(=O)O. The second-order valence-corrected chi connectivity index (χ2v) is 4.24. The van der Waals surface area contributed by atoms with Gasteiger partial charge in [-0.1, -0.05) is 13.8 Å². The lowest BCUT2D eigenvalue weighted by molar-refractivity contribution is -0.258. The Morgan fingerprint density at radius 3 is 1.85 bits per heavy atom. The zero-order valence-corrected chi connectivity index (χ0v) is 10.1. The number of hydrogen-bond donors (Lipinski definition) is 1. The Morgan fingerprint density at radius 2 is 1.60 bits per heavy atom. The summed E-state index contributed by atoms with van der Waals surface area (Å²) in [6, 6.07) is 0. The molecule has 0 aliphatic heterocycles. The van der Waals surface area contributed by atoms with Crippen molar-refractivity contribution in [1.29, 1.82) is 0 Å². The van der Waals surface area contributed by atoms with Crippen LogP contribution in [0, 0.1) is 0 Å². The maximum atomic E-state index is 12.5. The largest absolute Gasteiger partial charge is 0.475 e. The van der Waals surface area contributed by atoms with Gasteiger partial charge >= 0.3 is 18.3 Å². The number of carboxylic acid groups (broad SMARTS) is 1. The number of carbonyl (C=O) groups is 1. The van der Waals surface area contributed by atoms with Crippen molar-refractivity contribution in [3.8, 4) is 0 Å². The van der Waals surface area contributed by atoms with Gasteiger partial charge in [-0.2, -0.15) is 26.3 Å². The first-order chi connectivity index (χ1) is 8.85. The highest BCUT2D eigenvalue weighted by molar-refractivity contribution is 5.85. The van der Waals surface area contributed by atoms with Gasteiger partial charge in [0, 0.05) is 0 Å². The summed E-state index contributed by atoms with van der Waals surface area (Å²) in [7, 11) is 0. The maximum absolute atomic E-state index is 12.5. The number of carboxylic acids is 1. The van der Waals surface area contributed by atoms with E-state index in [2.05, 4.69) is 9.40 Å². The number of oxazole rings is 1. The van der Waals surface area contributed by atoms with Gasteiger partial charge in [0.1, 0.15) is 0 Å². The Labute approximate surface area is 108 Å². The maximum Gasteiger partial charge on any atom is 0.409 e. The van der Waals surface area contributed by atoms with Crippen molar-refractivity contribution >= 4 is 5.97 Å². The van der Waals surface area contributed by atoms with Crippen LogP contribution in [0.15, 0.2) is 4.42 Å². The summed E-state index contributed by atoms with van der Waals surface area (Å²) in [5, 5.41) is 8.72. The fourth-order valence-electron chi connectivity index (χ4n) is 1.48. The van der Waals surface area contributed by atoms with Crippen LogP contribution in [0.5, 0.6) is 0 Å². The van der Waals surface area contributed by atoms with Crippen LogP contribution in [0.4, 0.5) is 26.3 Å². The quantitative estimate of drug-likeness (QED) is 0.865. The highest BCUT2D eigenvalue weighted by atomic mass is 19.4. The van der Waals surface area contributed by atoms with Crippen LogP contribution in [-0.2, 0) is 0 Å². The predicted octanol–water partition coefficient (Wildman–Crippen LogP) is 3.70. The number of halogens is 6. The molecule has 0 aliphatic carbocycles. The van der Waals surface area contributed by atoms with Gasteiger partial charge in [0.05, 0.1) is 5.69 Å². The van der Waals surface area contributed by atoms with Gasteiger partial charge in [-0.15, -0.1) is 0 Å². The molecule has 114 valence electrons. The van der Waals surface area contributed by atoms with Crippen molar-refractivity contribution in [2.24, 2.45) is 0 Å². The van der Waals surface area contributed by atoms with E-state index in [1.165, 1.54) is 13.8 Å². The molecule has 0 saturated carbocycles. The first kappa shape index (κ1) is 16.3. The molecule has 1 aromatic heterocycles. The Hall–Kier alpha value is -1.74. The first-order valence-corrected chi connectivity index (χ1v) is 5.23. The molecule has 0 bridgehead atoms. The predicted molar refractivity (Wildman–Crippen MR) is 52.4 cm³/mol. The topological polar surface area (TPSA) is 63.3 Å². The lowest BCUT2D eigenvalue weighted by Gasteiger charge is -2.19. The van der Waals surface area contributed by atoms with Crippen LogP contribution in [0.2, 0.25) is 0 Å². The summed E-state index contributed by atoms with van der Waals surface area (Å²) in [5.41, 5.74) is -0.467. The molecule has 1 heterocycles. The zero-order valence-electron chi connectivity index (χ0n) is 10.1. The van der Waals surface area contributed by atoms with Crippen molar-refractivity contribution in [3.05, 3.63) is 17.3 Å². The summed E-state index contributed by atoms with van der Waals surface area (Å²) in [5.74, 6) is -9.18. The van der Waals surface area contributed by atoms with E-state index in [9.17, 15) is 31.1 Å². The van der Waals surface area contributed by atoms with E-state index in [0.717, 1.165) is 0 Å². The van der Waals surface area contributed by atoms with Gasteiger partial charge < -0.3 is 9.52 Å².